The number of hydrogen-bond donors (Lipinski definition) is 1. The van der Waals surface area contributed by atoms with Crippen molar-refractivity contribution in [2.45, 2.75) is 19.8 Å². The lowest BCUT2D eigenvalue weighted by molar-refractivity contribution is -0.117. The first-order valence-corrected chi connectivity index (χ1v) is 5.30. The Morgan fingerprint density at radius 2 is 2.19 bits per heavy atom. The van der Waals surface area contributed by atoms with E-state index in [0.29, 0.717) is 12.8 Å². The van der Waals surface area contributed by atoms with Gasteiger partial charge in [0.2, 0.25) is 5.91 Å². The van der Waals surface area contributed by atoms with E-state index in [1.54, 1.807) is 6.20 Å². The van der Waals surface area contributed by atoms with E-state index >= 15 is 0 Å². The van der Waals surface area contributed by atoms with Gasteiger partial charge in [0.1, 0.15) is 0 Å². The highest BCUT2D eigenvalue weighted by Crippen LogP contribution is 2.20. The largest absolute Gasteiger partial charge is 0.370 e. The minimum Gasteiger partial charge on any atom is -0.370 e. The first-order valence-electron chi connectivity index (χ1n) is 5.30. The third kappa shape index (κ3) is 2.03. The van der Waals surface area contributed by atoms with E-state index < -0.39 is 0 Å². The molecule has 3 heteroatoms. The van der Waals surface area contributed by atoms with Gasteiger partial charge in [0.25, 0.3) is 0 Å². The van der Waals surface area contributed by atoms with Gasteiger partial charge in [-0.3, -0.25) is 9.78 Å². The molecule has 16 heavy (non-hydrogen) atoms. The lowest BCUT2D eigenvalue weighted by atomic mass is 10.0. The van der Waals surface area contributed by atoms with Gasteiger partial charge in [0.05, 0.1) is 5.52 Å². The van der Waals surface area contributed by atoms with Crippen LogP contribution in [0.3, 0.4) is 0 Å². The second-order valence-electron chi connectivity index (χ2n) is 3.91. The summed E-state index contributed by atoms with van der Waals surface area (Å²) in [5.41, 5.74) is 8.41. The van der Waals surface area contributed by atoms with Gasteiger partial charge in [-0.15, -0.1) is 0 Å². The first kappa shape index (κ1) is 10.6. The standard InChI is InChI=1S/C13H14N2O/c1-9-7-8-15-13-10(5-6-12(14)16)3-2-4-11(9)13/h2-4,7-8H,5-6H2,1H3,(H2,14,16). The lowest BCUT2D eigenvalue weighted by Crippen LogP contribution is -2.11. The molecule has 0 saturated carbocycles. The number of pyridine rings is 1. The van der Waals surface area contributed by atoms with Crippen LogP contribution in [0, 0.1) is 6.92 Å². The predicted octanol–water partition coefficient (Wildman–Crippen LogP) is 1.96. The molecule has 0 aliphatic rings. The molecule has 1 heterocycles. The number of nitrogens with zero attached hydrogens (tertiary/aromatic N) is 1. The number of aryl methyl sites for hydroxylation is 2. The Labute approximate surface area is 94.3 Å². The van der Waals surface area contributed by atoms with Crippen LogP contribution in [-0.4, -0.2) is 10.9 Å². The van der Waals surface area contributed by atoms with Crippen molar-refractivity contribution in [3.63, 3.8) is 0 Å². The summed E-state index contributed by atoms with van der Waals surface area (Å²) in [5.74, 6) is -0.273. The minimum absolute atomic E-state index is 0.273. The highest BCUT2D eigenvalue weighted by Gasteiger charge is 2.05. The molecule has 1 aromatic heterocycles. The molecule has 0 fully saturated rings. The normalized spacial score (nSPS) is 10.6. The fourth-order valence-electron chi connectivity index (χ4n) is 1.83. The smallest absolute Gasteiger partial charge is 0.217 e. The van der Waals surface area contributed by atoms with E-state index in [-0.39, 0.29) is 5.91 Å². The maximum Gasteiger partial charge on any atom is 0.217 e. The molecule has 2 aromatic rings. The van der Waals surface area contributed by atoms with Crippen LogP contribution < -0.4 is 5.73 Å². The predicted molar refractivity (Wildman–Crippen MR) is 64.0 cm³/mol. The zero-order chi connectivity index (χ0) is 11.5. The average Bonchev–Trinajstić information content (AvgIpc) is 2.27. The number of hydrogen-bond acceptors (Lipinski definition) is 2. The Bertz CT molecular complexity index is 534. The van der Waals surface area contributed by atoms with E-state index in [1.165, 1.54) is 5.56 Å². The van der Waals surface area contributed by atoms with Gasteiger partial charge in [0.15, 0.2) is 0 Å². The lowest BCUT2D eigenvalue weighted by Gasteiger charge is -2.06. The Balaban J connectivity index is 2.45. The minimum atomic E-state index is -0.273. The van der Waals surface area contributed by atoms with Crippen molar-refractivity contribution >= 4 is 16.8 Å². The van der Waals surface area contributed by atoms with E-state index in [0.717, 1.165) is 16.5 Å². The fourth-order valence-corrected chi connectivity index (χ4v) is 1.83. The van der Waals surface area contributed by atoms with E-state index in [1.807, 2.05) is 24.3 Å². The van der Waals surface area contributed by atoms with Crippen LogP contribution in [0.4, 0.5) is 0 Å². The number of carbonyl (C=O) groups excluding carboxylic acids is 1. The number of fused-ring (bicyclic) bond motifs is 1. The van der Waals surface area contributed by atoms with E-state index in [2.05, 4.69) is 11.9 Å². The molecule has 0 spiro atoms. The van der Waals surface area contributed by atoms with Gasteiger partial charge in [-0.05, 0) is 30.5 Å². The number of para-hydroxylation sites is 1. The summed E-state index contributed by atoms with van der Waals surface area (Å²) in [6.45, 7) is 2.06. The molecule has 0 atom stereocenters. The Morgan fingerprint density at radius 3 is 2.94 bits per heavy atom. The quantitative estimate of drug-likeness (QED) is 0.849. The van der Waals surface area contributed by atoms with Crippen LogP contribution in [0.5, 0.6) is 0 Å². The number of primary amides is 1. The molecule has 3 nitrogen and oxygen atoms in total. The SMILES string of the molecule is Cc1ccnc2c(CCC(N)=O)cccc12. The molecule has 1 amide bonds. The summed E-state index contributed by atoms with van der Waals surface area (Å²) in [6, 6.07) is 8.02. The van der Waals surface area contributed by atoms with Crippen LogP contribution in [0.15, 0.2) is 30.5 Å². The zero-order valence-corrected chi connectivity index (χ0v) is 9.23. The molecule has 2 rings (SSSR count). The summed E-state index contributed by atoms with van der Waals surface area (Å²) >= 11 is 0. The van der Waals surface area contributed by atoms with Crippen molar-refractivity contribution in [1.29, 1.82) is 0 Å². The molecular formula is C13H14N2O. The summed E-state index contributed by atoms with van der Waals surface area (Å²) in [7, 11) is 0. The maximum absolute atomic E-state index is 10.8. The Morgan fingerprint density at radius 1 is 1.38 bits per heavy atom. The molecule has 2 N–H and O–H groups in total. The maximum atomic E-state index is 10.8. The van der Waals surface area contributed by atoms with Crippen LogP contribution >= 0.6 is 0 Å². The average molecular weight is 214 g/mol. The van der Waals surface area contributed by atoms with Crippen LogP contribution in [-0.2, 0) is 11.2 Å². The van der Waals surface area contributed by atoms with Crippen molar-refractivity contribution in [3.05, 3.63) is 41.6 Å². The van der Waals surface area contributed by atoms with Crippen molar-refractivity contribution in [2.24, 2.45) is 5.73 Å². The molecule has 0 bridgehead atoms. The van der Waals surface area contributed by atoms with Crippen molar-refractivity contribution in [3.8, 4) is 0 Å². The van der Waals surface area contributed by atoms with Gasteiger partial charge < -0.3 is 5.73 Å². The summed E-state index contributed by atoms with van der Waals surface area (Å²) < 4.78 is 0. The second-order valence-corrected chi connectivity index (χ2v) is 3.91. The highest BCUT2D eigenvalue weighted by molar-refractivity contribution is 5.85. The second kappa shape index (κ2) is 4.31. The van der Waals surface area contributed by atoms with Gasteiger partial charge in [-0.2, -0.15) is 0 Å². The molecule has 0 saturated heterocycles. The topological polar surface area (TPSA) is 56.0 Å². The number of amides is 1. The van der Waals surface area contributed by atoms with E-state index in [9.17, 15) is 4.79 Å². The Hall–Kier alpha value is -1.90. The number of nitrogens with two attached hydrogens (primary N) is 1. The van der Waals surface area contributed by atoms with Crippen molar-refractivity contribution < 1.29 is 4.79 Å². The van der Waals surface area contributed by atoms with Crippen molar-refractivity contribution in [1.82, 2.24) is 4.98 Å². The molecule has 82 valence electrons. The van der Waals surface area contributed by atoms with Crippen LogP contribution in [0.2, 0.25) is 0 Å². The monoisotopic (exact) mass is 214 g/mol. The zero-order valence-electron chi connectivity index (χ0n) is 9.23. The van der Waals surface area contributed by atoms with E-state index in [4.69, 9.17) is 5.73 Å². The van der Waals surface area contributed by atoms with Gasteiger partial charge in [-0.25, -0.2) is 0 Å². The van der Waals surface area contributed by atoms with Gasteiger partial charge in [-0.1, -0.05) is 18.2 Å². The molecule has 0 unspecified atom stereocenters. The van der Waals surface area contributed by atoms with Crippen molar-refractivity contribution in [2.75, 3.05) is 0 Å². The third-order valence-corrected chi connectivity index (χ3v) is 2.71. The first-order chi connectivity index (χ1) is 7.68. The highest BCUT2D eigenvalue weighted by atomic mass is 16.1. The molecule has 0 radical (unpaired) electrons. The number of benzene rings is 1. The Kier molecular flexibility index (Phi) is 2.86. The van der Waals surface area contributed by atoms with Gasteiger partial charge in [0, 0.05) is 18.0 Å². The summed E-state index contributed by atoms with van der Waals surface area (Å²) in [5, 5.41) is 1.14. The molecule has 0 aliphatic heterocycles. The number of aromatic nitrogens is 1. The molecule has 0 aliphatic carbocycles. The number of rotatable bonds is 3. The van der Waals surface area contributed by atoms with Gasteiger partial charge >= 0.3 is 0 Å². The molecular weight excluding hydrogens is 200 g/mol. The summed E-state index contributed by atoms with van der Waals surface area (Å²) in [6.07, 6.45) is 2.82. The molecule has 1 aromatic carbocycles. The summed E-state index contributed by atoms with van der Waals surface area (Å²) in [4.78, 5) is 15.1. The fraction of sp³-hybridized carbons (Fsp3) is 0.231. The third-order valence-electron chi connectivity index (χ3n) is 2.71. The van der Waals surface area contributed by atoms with Crippen LogP contribution in [0.25, 0.3) is 10.9 Å². The number of carbonyl (C=O) groups is 1. The van der Waals surface area contributed by atoms with Crippen LogP contribution in [0.1, 0.15) is 17.5 Å².